The van der Waals surface area contributed by atoms with Crippen LogP contribution in [-0.4, -0.2) is 31.7 Å². The average molecular weight is 264 g/mol. The summed E-state index contributed by atoms with van der Waals surface area (Å²) in [4.78, 5) is 11.7. The van der Waals surface area contributed by atoms with Gasteiger partial charge in [-0.15, -0.1) is 0 Å². The first kappa shape index (κ1) is 15.7. The molecule has 0 saturated heterocycles. The molecule has 0 heterocycles. The number of nitrogens with two attached hydrogens (primary N) is 1. The van der Waals surface area contributed by atoms with Gasteiger partial charge in [0.15, 0.2) is 0 Å². The molecular formula is C15H24N2O2. The molecule has 1 rings (SSSR count). The lowest BCUT2D eigenvalue weighted by molar-refractivity contribution is -0.122. The van der Waals surface area contributed by atoms with Crippen LogP contribution >= 0.6 is 0 Å². The summed E-state index contributed by atoms with van der Waals surface area (Å²) < 4.78 is 5.20. The minimum absolute atomic E-state index is 0.0765. The molecule has 106 valence electrons. The molecule has 19 heavy (non-hydrogen) atoms. The molecule has 0 bridgehead atoms. The van der Waals surface area contributed by atoms with E-state index in [9.17, 15) is 4.79 Å². The number of carbonyl (C=O) groups excluding carboxylic acids is 1. The van der Waals surface area contributed by atoms with E-state index in [0.717, 1.165) is 12.8 Å². The SMILES string of the molecule is CCOCCCNC(=O)C(N)CCc1ccccc1. The summed E-state index contributed by atoms with van der Waals surface area (Å²) in [5, 5.41) is 2.83. The molecule has 1 unspecified atom stereocenters. The summed E-state index contributed by atoms with van der Waals surface area (Å²) in [6.45, 7) is 3.97. The van der Waals surface area contributed by atoms with Crippen molar-refractivity contribution in [1.82, 2.24) is 5.32 Å². The van der Waals surface area contributed by atoms with Gasteiger partial charge in [0.2, 0.25) is 5.91 Å². The third kappa shape index (κ3) is 6.94. The third-order valence-electron chi connectivity index (χ3n) is 2.89. The number of hydrogen-bond acceptors (Lipinski definition) is 3. The predicted molar refractivity (Wildman–Crippen MR) is 76.9 cm³/mol. The first-order chi connectivity index (χ1) is 9.24. The Kier molecular flexibility index (Phi) is 7.86. The van der Waals surface area contributed by atoms with Crippen LogP contribution in [0.5, 0.6) is 0 Å². The Labute approximate surface area is 115 Å². The molecule has 1 amide bonds. The van der Waals surface area contributed by atoms with Gasteiger partial charge in [0.05, 0.1) is 6.04 Å². The Hall–Kier alpha value is -1.39. The number of nitrogens with one attached hydrogen (secondary N) is 1. The summed E-state index contributed by atoms with van der Waals surface area (Å²) >= 11 is 0. The number of ether oxygens (including phenoxy) is 1. The lowest BCUT2D eigenvalue weighted by Crippen LogP contribution is -2.41. The van der Waals surface area contributed by atoms with Crippen molar-refractivity contribution in [2.75, 3.05) is 19.8 Å². The Morgan fingerprint density at radius 2 is 2.11 bits per heavy atom. The lowest BCUT2D eigenvalue weighted by atomic mass is 10.1. The monoisotopic (exact) mass is 264 g/mol. The van der Waals surface area contributed by atoms with Gasteiger partial charge in [-0.25, -0.2) is 0 Å². The maximum absolute atomic E-state index is 11.7. The predicted octanol–water partition coefficient (Wildman–Crippen LogP) is 1.49. The molecule has 0 radical (unpaired) electrons. The van der Waals surface area contributed by atoms with Crippen molar-refractivity contribution in [3.63, 3.8) is 0 Å². The van der Waals surface area contributed by atoms with Crippen LogP contribution < -0.4 is 11.1 Å². The molecule has 0 aliphatic rings. The molecule has 0 aliphatic carbocycles. The average Bonchev–Trinajstić information content (AvgIpc) is 2.45. The summed E-state index contributed by atoms with van der Waals surface area (Å²) in [5.74, 6) is -0.0765. The summed E-state index contributed by atoms with van der Waals surface area (Å²) in [6.07, 6.45) is 2.32. The molecule has 0 spiro atoms. The van der Waals surface area contributed by atoms with Crippen molar-refractivity contribution in [2.24, 2.45) is 5.73 Å². The number of hydrogen-bond donors (Lipinski definition) is 2. The lowest BCUT2D eigenvalue weighted by Gasteiger charge is -2.12. The van der Waals surface area contributed by atoms with Crippen molar-refractivity contribution in [2.45, 2.75) is 32.2 Å². The summed E-state index contributed by atoms with van der Waals surface area (Å²) in [7, 11) is 0. The highest BCUT2D eigenvalue weighted by Crippen LogP contribution is 2.04. The maximum atomic E-state index is 11.7. The second kappa shape index (κ2) is 9.53. The van der Waals surface area contributed by atoms with Gasteiger partial charge in [-0.1, -0.05) is 30.3 Å². The maximum Gasteiger partial charge on any atom is 0.236 e. The van der Waals surface area contributed by atoms with Gasteiger partial charge < -0.3 is 15.8 Å². The molecule has 0 saturated carbocycles. The standard InChI is InChI=1S/C15H24N2O2/c1-2-19-12-6-11-17-15(18)14(16)10-9-13-7-4-3-5-8-13/h3-5,7-8,14H,2,6,9-12,16H2,1H3,(H,17,18). The highest BCUT2D eigenvalue weighted by atomic mass is 16.5. The smallest absolute Gasteiger partial charge is 0.236 e. The zero-order valence-corrected chi connectivity index (χ0v) is 11.6. The number of carbonyl (C=O) groups is 1. The largest absolute Gasteiger partial charge is 0.382 e. The van der Waals surface area contributed by atoms with Crippen molar-refractivity contribution in [3.05, 3.63) is 35.9 Å². The third-order valence-corrected chi connectivity index (χ3v) is 2.89. The van der Waals surface area contributed by atoms with E-state index < -0.39 is 6.04 Å². The van der Waals surface area contributed by atoms with Gasteiger partial charge in [0, 0.05) is 19.8 Å². The molecule has 1 aromatic rings. The zero-order valence-electron chi connectivity index (χ0n) is 11.6. The second-order valence-electron chi connectivity index (χ2n) is 4.47. The highest BCUT2D eigenvalue weighted by Gasteiger charge is 2.12. The van der Waals surface area contributed by atoms with E-state index in [4.69, 9.17) is 10.5 Å². The highest BCUT2D eigenvalue weighted by molar-refractivity contribution is 5.81. The van der Waals surface area contributed by atoms with Gasteiger partial charge >= 0.3 is 0 Å². The van der Waals surface area contributed by atoms with E-state index in [1.807, 2.05) is 37.3 Å². The van der Waals surface area contributed by atoms with E-state index in [0.29, 0.717) is 26.2 Å². The minimum atomic E-state index is -0.438. The van der Waals surface area contributed by atoms with Crippen molar-refractivity contribution in [3.8, 4) is 0 Å². The van der Waals surface area contributed by atoms with Gasteiger partial charge in [-0.2, -0.15) is 0 Å². The van der Waals surface area contributed by atoms with Gasteiger partial charge in [0.1, 0.15) is 0 Å². The number of aryl methyl sites for hydroxylation is 1. The summed E-state index contributed by atoms with van der Waals surface area (Å²) in [5.41, 5.74) is 7.07. The summed E-state index contributed by atoms with van der Waals surface area (Å²) in [6, 6.07) is 9.63. The van der Waals surface area contributed by atoms with Crippen LogP contribution in [0.1, 0.15) is 25.3 Å². The first-order valence-corrected chi connectivity index (χ1v) is 6.89. The molecular weight excluding hydrogens is 240 g/mol. The quantitative estimate of drug-likeness (QED) is 0.664. The number of amides is 1. The van der Waals surface area contributed by atoms with Gasteiger partial charge in [0.25, 0.3) is 0 Å². The van der Waals surface area contributed by atoms with Crippen LogP contribution in [0.4, 0.5) is 0 Å². The van der Waals surface area contributed by atoms with Crippen molar-refractivity contribution < 1.29 is 9.53 Å². The van der Waals surface area contributed by atoms with Crippen LogP contribution in [0.15, 0.2) is 30.3 Å². The Balaban J connectivity index is 2.14. The molecule has 4 heteroatoms. The normalized spacial score (nSPS) is 12.1. The van der Waals surface area contributed by atoms with Crippen molar-refractivity contribution >= 4 is 5.91 Å². The fraction of sp³-hybridized carbons (Fsp3) is 0.533. The Morgan fingerprint density at radius 3 is 2.79 bits per heavy atom. The Bertz CT molecular complexity index is 354. The fourth-order valence-corrected chi connectivity index (χ4v) is 1.76. The number of benzene rings is 1. The molecule has 3 N–H and O–H groups in total. The van der Waals surface area contributed by atoms with E-state index in [2.05, 4.69) is 5.32 Å². The molecule has 4 nitrogen and oxygen atoms in total. The zero-order chi connectivity index (χ0) is 13.9. The van der Waals surface area contributed by atoms with Gasteiger partial charge in [-0.05, 0) is 31.7 Å². The molecule has 1 aromatic carbocycles. The van der Waals surface area contributed by atoms with Crippen molar-refractivity contribution in [1.29, 1.82) is 0 Å². The molecule has 0 fully saturated rings. The van der Waals surface area contributed by atoms with E-state index in [1.165, 1.54) is 5.56 Å². The topological polar surface area (TPSA) is 64.3 Å². The van der Waals surface area contributed by atoms with E-state index in [-0.39, 0.29) is 5.91 Å². The first-order valence-electron chi connectivity index (χ1n) is 6.89. The number of rotatable bonds is 9. The van der Waals surface area contributed by atoms with E-state index >= 15 is 0 Å². The Morgan fingerprint density at radius 1 is 1.37 bits per heavy atom. The molecule has 0 aliphatic heterocycles. The minimum Gasteiger partial charge on any atom is -0.382 e. The van der Waals surface area contributed by atoms with Crippen LogP contribution in [0.2, 0.25) is 0 Å². The van der Waals surface area contributed by atoms with Crippen LogP contribution in [-0.2, 0) is 16.0 Å². The van der Waals surface area contributed by atoms with E-state index in [1.54, 1.807) is 0 Å². The molecule has 1 atom stereocenters. The van der Waals surface area contributed by atoms with Crippen LogP contribution in [0.3, 0.4) is 0 Å². The van der Waals surface area contributed by atoms with Gasteiger partial charge in [-0.3, -0.25) is 4.79 Å². The molecule has 0 aromatic heterocycles. The van der Waals surface area contributed by atoms with Crippen LogP contribution in [0, 0.1) is 0 Å². The second-order valence-corrected chi connectivity index (χ2v) is 4.47. The van der Waals surface area contributed by atoms with Crippen LogP contribution in [0.25, 0.3) is 0 Å². The fourth-order valence-electron chi connectivity index (χ4n) is 1.76.